The fraction of sp³-hybridized carbons (Fsp3) is 1.00. The van der Waals surface area contributed by atoms with Crippen molar-refractivity contribution in [1.29, 1.82) is 0 Å². The molecule has 148 valence electrons. The molecule has 0 radical (unpaired) electrons. The zero-order valence-corrected chi connectivity index (χ0v) is 16.8. The van der Waals surface area contributed by atoms with E-state index in [9.17, 15) is 0 Å². The van der Waals surface area contributed by atoms with Crippen molar-refractivity contribution in [2.75, 3.05) is 39.3 Å². The molecule has 0 aromatic heterocycles. The Bertz CT molecular complexity index is 384. The topological polar surface area (TPSA) is 13.0 Å². The van der Waals surface area contributed by atoms with Crippen LogP contribution < -0.4 is 0 Å². The van der Waals surface area contributed by atoms with Gasteiger partial charge in [0.05, 0.1) is 0 Å². The summed E-state index contributed by atoms with van der Waals surface area (Å²) in [6.45, 7) is 7.85. The molecular formula is C22H40N4. The van der Waals surface area contributed by atoms with Gasteiger partial charge in [-0.15, -0.1) is 0 Å². The van der Waals surface area contributed by atoms with Crippen molar-refractivity contribution in [2.45, 2.75) is 101 Å². The van der Waals surface area contributed by atoms with E-state index in [1.165, 1.54) is 116 Å². The molecule has 26 heavy (non-hydrogen) atoms. The molecule has 3 aliphatic heterocycles. The van der Waals surface area contributed by atoms with E-state index in [1.807, 2.05) is 0 Å². The summed E-state index contributed by atoms with van der Waals surface area (Å²) in [4.78, 5) is 11.8. The van der Waals surface area contributed by atoms with Crippen molar-refractivity contribution in [2.24, 2.45) is 0 Å². The summed E-state index contributed by atoms with van der Waals surface area (Å²) < 4.78 is 0. The quantitative estimate of drug-likeness (QED) is 0.765. The average Bonchev–Trinajstić information content (AvgIpc) is 3.38. The second-order valence-electron chi connectivity index (χ2n) is 9.72. The minimum Gasteiger partial charge on any atom is -0.300 e. The molecule has 3 heterocycles. The molecule has 3 aliphatic carbocycles. The molecule has 0 N–H and O–H groups in total. The van der Waals surface area contributed by atoms with Gasteiger partial charge in [-0.1, -0.05) is 38.5 Å². The highest BCUT2D eigenvalue weighted by Gasteiger charge is 2.44. The summed E-state index contributed by atoms with van der Waals surface area (Å²) in [7, 11) is 0. The Balaban J connectivity index is 1.49. The minimum atomic E-state index is 0.617. The summed E-state index contributed by atoms with van der Waals surface area (Å²) in [5.74, 6) is 0. The summed E-state index contributed by atoms with van der Waals surface area (Å²) >= 11 is 0. The van der Waals surface area contributed by atoms with E-state index in [-0.39, 0.29) is 0 Å². The van der Waals surface area contributed by atoms with Crippen LogP contribution in [0.2, 0.25) is 0 Å². The molecule has 2 bridgehead atoms. The Hall–Kier alpha value is -0.160. The summed E-state index contributed by atoms with van der Waals surface area (Å²) in [5, 5.41) is 0. The van der Waals surface area contributed by atoms with Crippen LogP contribution in [-0.2, 0) is 0 Å². The Morgan fingerprint density at radius 2 is 0.692 bits per heavy atom. The lowest BCUT2D eigenvalue weighted by atomic mass is 10.1. The second kappa shape index (κ2) is 8.06. The van der Waals surface area contributed by atoms with Gasteiger partial charge in [0.1, 0.15) is 6.29 Å². The van der Waals surface area contributed by atoms with Crippen molar-refractivity contribution in [3.05, 3.63) is 0 Å². The van der Waals surface area contributed by atoms with Gasteiger partial charge in [-0.05, 0) is 38.5 Å². The number of rotatable bonds is 3. The molecule has 3 saturated heterocycles. The van der Waals surface area contributed by atoms with Crippen molar-refractivity contribution in [1.82, 2.24) is 19.6 Å². The number of hydrogen-bond acceptors (Lipinski definition) is 4. The van der Waals surface area contributed by atoms with Crippen LogP contribution in [0.3, 0.4) is 0 Å². The first-order chi connectivity index (χ1) is 12.9. The van der Waals surface area contributed by atoms with E-state index in [0.29, 0.717) is 6.29 Å². The maximum atomic E-state index is 3.01. The number of nitrogens with zero attached hydrogens (tertiary/aromatic N) is 4. The first-order valence-corrected chi connectivity index (χ1v) is 11.9. The fourth-order valence-corrected chi connectivity index (χ4v) is 6.85. The van der Waals surface area contributed by atoms with E-state index in [1.54, 1.807) is 0 Å². The number of fused-ring (bicyclic) bond motifs is 6. The van der Waals surface area contributed by atoms with Crippen LogP contribution in [0, 0.1) is 0 Å². The molecule has 4 heteroatoms. The van der Waals surface area contributed by atoms with Crippen LogP contribution in [0.15, 0.2) is 0 Å². The van der Waals surface area contributed by atoms with E-state index in [2.05, 4.69) is 19.6 Å². The third-order valence-electron chi connectivity index (χ3n) is 8.29. The van der Waals surface area contributed by atoms with Crippen molar-refractivity contribution in [3.8, 4) is 0 Å². The van der Waals surface area contributed by atoms with Gasteiger partial charge in [0, 0.05) is 57.4 Å². The van der Waals surface area contributed by atoms with Crippen molar-refractivity contribution < 1.29 is 0 Å². The van der Waals surface area contributed by atoms with Crippen LogP contribution >= 0.6 is 0 Å². The molecule has 6 rings (SSSR count). The monoisotopic (exact) mass is 360 g/mol. The van der Waals surface area contributed by atoms with Crippen LogP contribution in [0.25, 0.3) is 0 Å². The molecule has 0 aromatic carbocycles. The number of hydrogen-bond donors (Lipinski definition) is 0. The van der Waals surface area contributed by atoms with Crippen molar-refractivity contribution >= 4 is 0 Å². The largest absolute Gasteiger partial charge is 0.300 e. The molecule has 0 spiro atoms. The smallest absolute Gasteiger partial charge is 0.120 e. The van der Waals surface area contributed by atoms with Crippen LogP contribution in [0.1, 0.15) is 77.0 Å². The predicted octanol–water partition coefficient (Wildman–Crippen LogP) is 3.33. The SMILES string of the molecule is C1CCC(N2CCN3CCN(C4CCCC4)C2N(C2CCCC2)CC3)C1. The van der Waals surface area contributed by atoms with E-state index in [4.69, 9.17) is 0 Å². The first kappa shape index (κ1) is 17.9. The zero-order valence-electron chi connectivity index (χ0n) is 16.8. The third-order valence-corrected chi connectivity index (χ3v) is 8.29. The van der Waals surface area contributed by atoms with E-state index < -0.39 is 0 Å². The predicted molar refractivity (Wildman–Crippen MR) is 107 cm³/mol. The maximum Gasteiger partial charge on any atom is 0.120 e. The summed E-state index contributed by atoms with van der Waals surface area (Å²) in [5.41, 5.74) is 0. The molecule has 3 saturated carbocycles. The van der Waals surface area contributed by atoms with E-state index in [0.717, 1.165) is 18.1 Å². The highest BCUT2D eigenvalue weighted by atomic mass is 15.6. The maximum absolute atomic E-state index is 3.01. The molecular weight excluding hydrogens is 320 g/mol. The molecule has 0 amide bonds. The van der Waals surface area contributed by atoms with Crippen molar-refractivity contribution in [3.63, 3.8) is 0 Å². The Labute approximate surface area is 160 Å². The lowest BCUT2D eigenvalue weighted by Crippen LogP contribution is -2.70. The van der Waals surface area contributed by atoms with Gasteiger partial charge in [-0.25, -0.2) is 0 Å². The zero-order chi connectivity index (χ0) is 17.3. The molecule has 0 unspecified atom stereocenters. The lowest BCUT2D eigenvalue weighted by Gasteiger charge is -2.56. The first-order valence-electron chi connectivity index (χ1n) is 11.9. The molecule has 6 aliphatic rings. The molecule has 6 fully saturated rings. The van der Waals surface area contributed by atoms with Crippen LogP contribution in [-0.4, -0.2) is 83.3 Å². The third kappa shape index (κ3) is 3.47. The van der Waals surface area contributed by atoms with Gasteiger partial charge >= 0.3 is 0 Å². The Morgan fingerprint density at radius 3 is 1.00 bits per heavy atom. The standard InChI is InChI=1S/C22H40N4/c1-2-8-19(7-1)24-16-13-23-14-17-25(20-9-3-4-10-20)22(24)26(18-15-23)21-11-5-6-12-21/h19-22H,1-18H2. The lowest BCUT2D eigenvalue weighted by molar-refractivity contribution is -0.148. The van der Waals surface area contributed by atoms with Gasteiger partial charge in [0.2, 0.25) is 0 Å². The minimum absolute atomic E-state index is 0.617. The Kier molecular flexibility index (Phi) is 5.55. The average molecular weight is 361 g/mol. The van der Waals surface area contributed by atoms with Gasteiger partial charge in [0.15, 0.2) is 0 Å². The van der Waals surface area contributed by atoms with Gasteiger partial charge < -0.3 is 0 Å². The normalized spacial score (nSPS) is 37.4. The van der Waals surface area contributed by atoms with Gasteiger partial charge in [-0.2, -0.15) is 0 Å². The highest BCUT2D eigenvalue weighted by Crippen LogP contribution is 2.36. The summed E-state index contributed by atoms with van der Waals surface area (Å²) in [6.07, 6.45) is 18.1. The molecule has 4 nitrogen and oxygen atoms in total. The highest BCUT2D eigenvalue weighted by molar-refractivity contribution is 4.94. The second-order valence-corrected chi connectivity index (χ2v) is 9.72. The fourth-order valence-electron chi connectivity index (χ4n) is 6.85. The van der Waals surface area contributed by atoms with Crippen LogP contribution in [0.4, 0.5) is 0 Å². The van der Waals surface area contributed by atoms with E-state index >= 15 is 0 Å². The molecule has 0 atom stereocenters. The summed E-state index contributed by atoms with van der Waals surface area (Å²) in [6, 6.07) is 2.56. The Morgan fingerprint density at radius 1 is 0.385 bits per heavy atom. The molecule has 0 aromatic rings. The van der Waals surface area contributed by atoms with Crippen LogP contribution in [0.5, 0.6) is 0 Å². The van der Waals surface area contributed by atoms with Gasteiger partial charge in [0.25, 0.3) is 0 Å². The van der Waals surface area contributed by atoms with Gasteiger partial charge in [-0.3, -0.25) is 19.6 Å².